The Morgan fingerprint density at radius 1 is 1.11 bits per heavy atom. The maximum atomic E-state index is 9.52. The molecule has 35 heavy (non-hydrogen) atoms. The summed E-state index contributed by atoms with van der Waals surface area (Å²) in [7, 11) is 0. The van der Waals surface area contributed by atoms with E-state index in [4.69, 9.17) is 14.2 Å². The third-order valence-electron chi connectivity index (χ3n) is 7.49. The molecule has 0 spiro atoms. The van der Waals surface area contributed by atoms with Crippen molar-refractivity contribution in [3.8, 4) is 28.3 Å². The molecular weight excluding hydrogens is 436 g/mol. The number of nitrogens with zero attached hydrogens (tertiary/aromatic N) is 4. The molecule has 1 aliphatic rings. The maximum absolute atomic E-state index is 9.52. The number of hydrogen-bond acceptors (Lipinski definition) is 5. The summed E-state index contributed by atoms with van der Waals surface area (Å²) in [5, 5.41) is 13.7. The molecule has 0 amide bonds. The van der Waals surface area contributed by atoms with Gasteiger partial charge in [0.25, 0.3) is 0 Å². The molecule has 0 saturated carbocycles. The molecule has 6 nitrogen and oxygen atoms in total. The molecule has 180 valence electrons. The van der Waals surface area contributed by atoms with E-state index in [2.05, 4.69) is 59.2 Å². The predicted molar refractivity (Wildman–Crippen MR) is 137 cm³/mol. The summed E-state index contributed by atoms with van der Waals surface area (Å²) in [5.74, 6) is 0.800. The Bertz CT molecular complexity index is 1390. The number of hydrogen-bond donors (Lipinski definition) is 0. The summed E-state index contributed by atoms with van der Waals surface area (Å²) >= 11 is 0. The molecule has 0 atom stereocenters. The number of nitriles is 1. The lowest BCUT2D eigenvalue weighted by Gasteiger charge is -2.34. The number of rotatable bonds is 5. The molecule has 0 unspecified atom stereocenters. The number of fused-ring (bicyclic) bond motifs is 1. The van der Waals surface area contributed by atoms with Gasteiger partial charge in [-0.05, 0) is 63.1 Å². The van der Waals surface area contributed by atoms with Crippen LogP contribution in [0.25, 0.3) is 33.3 Å². The zero-order valence-electron chi connectivity index (χ0n) is 21.2. The van der Waals surface area contributed by atoms with Crippen molar-refractivity contribution in [2.75, 3.05) is 13.2 Å². The first-order valence-corrected chi connectivity index (χ1v) is 12.2. The van der Waals surface area contributed by atoms with E-state index in [1.54, 1.807) is 0 Å². The molecule has 0 N–H and O–H groups in total. The molecule has 0 bridgehead atoms. The maximum Gasteiger partial charge on any atom is 0.141 e. The fraction of sp³-hybridized carbons (Fsp3) is 0.414. The van der Waals surface area contributed by atoms with Gasteiger partial charge >= 0.3 is 0 Å². The Balaban J connectivity index is 1.64. The predicted octanol–water partition coefficient (Wildman–Crippen LogP) is 6.59. The molecule has 5 rings (SSSR count). The van der Waals surface area contributed by atoms with Crippen molar-refractivity contribution < 1.29 is 9.26 Å². The van der Waals surface area contributed by atoms with Gasteiger partial charge in [0.15, 0.2) is 0 Å². The van der Waals surface area contributed by atoms with Gasteiger partial charge in [-0.3, -0.25) is 4.98 Å². The van der Waals surface area contributed by atoms with Crippen molar-refractivity contribution >= 4 is 11.0 Å². The number of benzene rings is 1. The van der Waals surface area contributed by atoms with Gasteiger partial charge in [0, 0.05) is 48.8 Å². The second-order valence-corrected chi connectivity index (χ2v) is 10.7. The van der Waals surface area contributed by atoms with Crippen LogP contribution in [0.1, 0.15) is 50.6 Å². The SMILES string of the molecule is Cc1noc(C)c1-c1cnc2c(-c3ccc(C(C)(C)C#N)cc3)cn(CC3(C)CCOCC3)c2c1. The summed E-state index contributed by atoms with van der Waals surface area (Å²) < 4.78 is 13.4. The highest BCUT2D eigenvalue weighted by Crippen LogP contribution is 2.38. The number of aromatic nitrogens is 3. The molecule has 1 aliphatic heterocycles. The molecule has 3 aromatic heterocycles. The normalized spacial score (nSPS) is 15.9. The van der Waals surface area contributed by atoms with E-state index in [1.807, 2.05) is 33.9 Å². The standard InChI is InChI=1S/C29H32N4O2/c1-19-26(20(2)35-32-19)22-14-25-27(31-15-22)24(16-33(25)18-29(5)10-12-34-13-11-29)21-6-8-23(9-7-21)28(3,4)17-30/h6-9,14-16H,10-13,18H2,1-5H3. The molecule has 1 fully saturated rings. The monoisotopic (exact) mass is 468 g/mol. The van der Waals surface area contributed by atoms with Crippen molar-refractivity contribution in [2.45, 2.75) is 59.4 Å². The topological polar surface area (TPSA) is 76.9 Å². The van der Waals surface area contributed by atoms with E-state index >= 15 is 0 Å². The van der Waals surface area contributed by atoms with Crippen LogP contribution in [0.4, 0.5) is 0 Å². The van der Waals surface area contributed by atoms with Crippen LogP contribution >= 0.6 is 0 Å². The average molecular weight is 469 g/mol. The highest BCUT2D eigenvalue weighted by atomic mass is 16.5. The van der Waals surface area contributed by atoms with Crippen molar-refractivity contribution in [1.29, 1.82) is 5.26 Å². The van der Waals surface area contributed by atoms with Crippen molar-refractivity contribution in [3.05, 3.63) is 59.7 Å². The van der Waals surface area contributed by atoms with Gasteiger partial charge in [0.05, 0.1) is 28.2 Å². The molecule has 1 aromatic carbocycles. The first-order chi connectivity index (χ1) is 16.7. The summed E-state index contributed by atoms with van der Waals surface area (Å²) in [6, 6.07) is 12.9. The Hall–Kier alpha value is -3.43. The van der Waals surface area contributed by atoms with E-state index in [0.717, 1.165) is 82.9 Å². The van der Waals surface area contributed by atoms with E-state index in [-0.39, 0.29) is 5.41 Å². The van der Waals surface area contributed by atoms with Gasteiger partial charge in [0.1, 0.15) is 5.76 Å². The first-order valence-electron chi connectivity index (χ1n) is 12.2. The Morgan fingerprint density at radius 3 is 2.46 bits per heavy atom. The first kappa shape index (κ1) is 23.3. The highest BCUT2D eigenvalue weighted by Gasteiger charge is 2.29. The molecule has 4 heterocycles. The number of pyridine rings is 1. The van der Waals surface area contributed by atoms with Gasteiger partial charge < -0.3 is 13.8 Å². The zero-order chi connectivity index (χ0) is 24.8. The largest absolute Gasteiger partial charge is 0.381 e. The van der Waals surface area contributed by atoms with Crippen LogP contribution in [0.2, 0.25) is 0 Å². The minimum Gasteiger partial charge on any atom is -0.381 e. The van der Waals surface area contributed by atoms with Crippen molar-refractivity contribution in [2.24, 2.45) is 5.41 Å². The molecule has 0 aliphatic carbocycles. The highest BCUT2D eigenvalue weighted by molar-refractivity contribution is 5.95. The second-order valence-electron chi connectivity index (χ2n) is 10.7. The van der Waals surface area contributed by atoms with E-state index < -0.39 is 5.41 Å². The Kier molecular flexibility index (Phi) is 5.77. The molecule has 0 radical (unpaired) electrons. The third kappa shape index (κ3) is 4.26. The number of aryl methyl sites for hydroxylation is 2. The summed E-state index contributed by atoms with van der Waals surface area (Å²) in [6.45, 7) is 12.7. The van der Waals surface area contributed by atoms with E-state index in [0.29, 0.717) is 0 Å². The minimum atomic E-state index is -0.522. The fourth-order valence-corrected chi connectivity index (χ4v) is 5.10. The lowest BCUT2D eigenvalue weighted by atomic mass is 9.82. The van der Waals surface area contributed by atoms with Gasteiger partial charge in [-0.2, -0.15) is 5.26 Å². The Morgan fingerprint density at radius 2 is 1.83 bits per heavy atom. The quantitative estimate of drug-likeness (QED) is 0.330. The summed E-state index contributed by atoms with van der Waals surface area (Å²) in [4.78, 5) is 4.95. The summed E-state index contributed by atoms with van der Waals surface area (Å²) in [5.41, 5.74) is 7.83. The summed E-state index contributed by atoms with van der Waals surface area (Å²) in [6.07, 6.45) is 6.24. The average Bonchev–Trinajstić information content (AvgIpc) is 3.38. The van der Waals surface area contributed by atoms with E-state index in [1.165, 1.54) is 0 Å². The number of ether oxygens (including phenoxy) is 1. The van der Waals surface area contributed by atoms with Crippen LogP contribution < -0.4 is 0 Å². The smallest absolute Gasteiger partial charge is 0.141 e. The Labute approximate surface area is 206 Å². The van der Waals surface area contributed by atoms with Crippen LogP contribution in [0.5, 0.6) is 0 Å². The molecule has 1 saturated heterocycles. The van der Waals surface area contributed by atoms with Gasteiger partial charge in [-0.15, -0.1) is 0 Å². The molecule has 6 heteroatoms. The lowest BCUT2D eigenvalue weighted by Crippen LogP contribution is -2.30. The lowest BCUT2D eigenvalue weighted by molar-refractivity contribution is 0.0161. The third-order valence-corrected chi connectivity index (χ3v) is 7.49. The minimum absolute atomic E-state index is 0.168. The van der Waals surface area contributed by atoms with Crippen LogP contribution in [0.15, 0.2) is 47.2 Å². The fourth-order valence-electron chi connectivity index (χ4n) is 5.10. The van der Waals surface area contributed by atoms with Crippen LogP contribution in [-0.2, 0) is 16.7 Å². The van der Waals surface area contributed by atoms with Crippen molar-refractivity contribution in [3.63, 3.8) is 0 Å². The van der Waals surface area contributed by atoms with Crippen molar-refractivity contribution in [1.82, 2.24) is 14.7 Å². The molecular formula is C29H32N4O2. The van der Waals surface area contributed by atoms with Crippen LogP contribution in [0, 0.1) is 30.6 Å². The second kappa shape index (κ2) is 8.66. The van der Waals surface area contributed by atoms with Gasteiger partial charge in [-0.1, -0.05) is 36.3 Å². The van der Waals surface area contributed by atoms with Crippen LogP contribution in [0.3, 0.4) is 0 Å². The van der Waals surface area contributed by atoms with Gasteiger partial charge in [-0.25, -0.2) is 0 Å². The zero-order valence-corrected chi connectivity index (χ0v) is 21.2. The van der Waals surface area contributed by atoms with Crippen LogP contribution in [-0.4, -0.2) is 27.9 Å². The molecule has 4 aromatic rings. The van der Waals surface area contributed by atoms with Gasteiger partial charge in [0.2, 0.25) is 0 Å². The van der Waals surface area contributed by atoms with E-state index in [9.17, 15) is 5.26 Å².